The van der Waals surface area contributed by atoms with Crippen LogP contribution in [-0.2, 0) is 15.6 Å². The lowest BCUT2D eigenvalue weighted by molar-refractivity contribution is 0.520. The van der Waals surface area contributed by atoms with E-state index in [2.05, 4.69) is 0 Å². The Morgan fingerprint density at radius 1 is 1.10 bits per heavy atom. The van der Waals surface area contributed by atoms with Gasteiger partial charge >= 0.3 is 0 Å². The second-order valence-corrected chi connectivity index (χ2v) is 6.50. The van der Waals surface area contributed by atoms with Crippen LogP contribution in [0, 0.1) is 11.6 Å². The third-order valence-corrected chi connectivity index (χ3v) is 4.71. The molecule has 0 amide bonds. The van der Waals surface area contributed by atoms with Gasteiger partial charge in [0.05, 0.1) is 5.75 Å². The number of hydrogen-bond donors (Lipinski definition) is 1. The van der Waals surface area contributed by atoms with Crippen LogP contribution in [0.15, 0.2) is 41.3 Å². The molecule has 2 aromatic rings. The molecule has 0 radical (unpaired) electrons. The Labute approximate surface area is 119 Å². The molecule has 0 atom stereocenters. The lowest BCUT2D eigenvalue weighted by Crippen LogP contribution is -2.10. The number of nitrogen functional groups attached to an aromatic ring is 1. The average Bonchev–Trinajstić information content (AvgIpc) is 2.30. The lowest BCUT2D eigenvalue weighted by atomic mass is 10.2. The first-order valence-electron chi connectivity index (χ1n) is 5.52. The van der Waals surface area contributed by atoms with Gasteiger partial charge in [-0.05, 0) is 23.8 Å². The zero-order chi connectivity index (χ0) is 14.9. The third kappa shape index (κ3) is 2.91. The second kappa shape index (κ2) is 5.38. The number of anilines is 1. The molecule has 0 spiro atoms. The van der Waals surface area contributed by atoms with Crippen LogP contribution in [0.3, 0.4) is 0 Å². The van der Waals surface area contributed by atoms with Crippen molar-refractivity contribution in [3.63, 3.8) is 0 Å². The molecule has 0 aliphatic carbocycles. The Morgan fingerprint density at radius 2 is 1.65 bits per heavy atom. The van der Waals surface area contributed by atoms with Crippen LogP contribution < -0.4 is 5.73 Å². The molecule has 0 unspecified atom stereocenters. The fourth-order valence-corrected chi connectivity index (χ4v) is 3.57. The van der Waals surface area contributed by atoms with Gasteiger partial charge in [-0.1, -0.05) is 29.8 Å². The minimum Gasteiger partial charge on any atom is -0.399 e. The molecule has 3 nitrogen and oxygen atoms in total. The van der Waals surface area contributed by atoms with E-state index < -0.39 is 32.1 Å². The fourth-order valence-electron chi connectivity index (χ4n) is 1.77. The number of sulfone groups is 1. The van der Waals surface area contributed by atoms with Crippen molar-refractivity contribution < 1.29 is 17.2 Å². The van der Waals surface area contributed by atoms with Crippen LogP contribution in [0.5, 0.6) is 0 Å². The smallest absolute Gasteiger partial charge is 0.188 e. The van der Waals surface area contributed by atoms with E-state index in [0.717, 1.165) is 12.1 Å². The zero-order valence-corrected chi connectivity index (χ0v) is 11.7. The molecule has 0 bridgehead atoms. The van der Waals surface area contributed by atoms with Crippen molar-refractivity contribution in [2.24, 2.45) is 0 Å². The van der Waals surface area contributed by atoms with E-state index in [4.69, 9.17) is 17.3 Å². The Hall–Kier alpha value is -1.66. The Bertz CT molecular complexity index is 740. The Kier molecular flexibility index (Phi) is 3.96. The highest BCUT2D eigenvalue weighted by Gasteiger charge is 2.25. The zero-order valence-electron chi connectivity index (χ0n) is 10.1. The highest BCUT2D eigenvalue weighted by Crippen LogP contribution is 2.27. The summed E-state index contributed by atoms with van der Waals surface area (Å²) in [4.78, 5) is -0.994. The molecular formula is C13H10ClF2NO2S. The number of nitrogens with two attached hydrogens (primary N) is 1. The number of rotatable bonds is 3. The maximum absolute atomic E-state index is 13.7. The summed E-state index contributed by atoms with van der Waals surface area (Å²) in [6, 6.07) is 7.73. The van der Waals surface area contributed by atoms with Crippen molar-refractivity contribution in [1.29, 1.82) is 0 Å². The molecule has 2 N–H and O–H groups in total. The normalized spacial score (nSPS) is 11.6. The average molecular weight is 318 g/mol. The van der Waals surface area contributed by atoms with E-state index in [0.29, 0.717) is 0 Å². The highest BCUT2D eigenvalue weighted by molar-refractivity contribution is 7.90. The fraction of sp³-hybridized carbons (Fsp3) is 0.0769. The summed E-state index contributed by atoms with van der Waals surface area (Å²) in [5, 5.41) is 0.215. The molecule has 0 aliphatic rings. The highest BCUT2D eigenvalue weighted by atomic mass is 35.5. The standard InChI is InChI=1S/C13H10ClF2NO2S/c14-10-4-2-1-3-8(10)7-20(18,19)13-11(15)5-9(17)6-12(13)16/h1-6H,7,17H2. The van der Waals surface area contributed by atoms with Gasteiger partial charge in [-0.25, -0.2) is 17.2 Å². The first-order valence-corrected chi connectivity index (χ1v) is 7.55. The van der Waals surface area contributed by atoms with Crippen molar-refractivity contribution in [3.8, 4) is 0 Å². The van der Waals surface area contributed by atoms with Gasteiger partial charge in [0.25, 0.3) is 0 Å². The van der Waals surface area contributed by atoms with Crippen molar-refractivity contribution in [1.82, 2.24) is 0 Å². The summed E-state index contributed by atoms with van der Waals surface area (Å²) < 4.78 is 51.6. The molecule has 20 heavy (non-hydrogen) atoms. The summed E-state index contributed by atoms with van der Waals surface area (Å²) in [7, 11) is -4.20. The second-order valence-electron chi connectivity index (χ2n) is 4.16. The van der Waals surface area contributed by atoms with Crippen LogP contribution in [0.1, 0.15) is 5.56 Å². The number of halogens is 3. The summed E-state index contributed by atoms with van der Waals surface area (Å²) >= 11 is 5.85. The third-order valence-electron chi connectivity index (χ3n) is 2.63. The molecule has 2 aromatic carbocycles. The van der Waals surface area contributed by atoms with Gasteiger partial charge in [0.1, 0.15) is 16.5 Å². The molecule has 2 rings (SSSR count). The van der Waals surface area contributed by atoms with Crippen LogP contribution in [0.25, 0.3) is 0 Å². The van der Waals surface area contributed by atoms with Crippen molar-refractivity contribution in [2.45, 2.75) is 10.6 Å². The first kappa shape index (κ1) is 14.7. The molecule has 0 aromatic heterocycles. The van der Waals surface area contributed by atoms with Gasteiger partial charge < -0.3 is 5.73 Å². The van der Waals surface area contributed by atoms with E-state index in [1.807, 2.05) is 0 Å². The minimum atomic E-state index is -4.20. The van der Waals surface area contributed by atoms with E-state index in [1.165, 1.54) is 12.1 Å². The summed E-state index contributed by atoms with van der Waals surface area (Å²) in [5.74, 6) is -3.02. The van der Waals surface area contributed by atoms with Crippen molar-refractivity contribution in [3.05, 3.63) is 58.6 Å². The van der Waals surface area contributed by atoms with Gasteiger partial charge in [0.15, 0.2) is 9.84 Å². The van der Waals surface area contributed by atoms with Crippen LogP contribution in [0.2, 0.25) is 5.02 Å². The molecule has 0 fully saturated rings. The maximum Gasteiger partial charge on any atom is 0.188 e. The monoisotopic (exact) mass is 317 g/mol. The molecule has 0 aliphatic heterocycles. The van der Waals surface area contributed by atoms with Crippen molar-refractivity contribution in [2.75, 3.05) is 5.73 Å². The predicted octanol–water partition coefficient (Wildman–Crippen LogP) is 3.17. The largest absolute Gasteiger partial charge is 0.399 e. The lowest BCUT2D eigenvalue weighted by Gasteiger charge is -2.09. The van der Waals surface area contributed by atoms with Gasteiger partial charge in [-0.2, -0.15) is 0 Å². The van der Waals surface area contributed by atoms with Crippen molar-refractivity contribution >= 4 is 27.1 Å². The van der Waals surface area contributed by atoms with Gasteiger partial charge in [0.2, 0.25) is 0 Å². The summed E-state index contributed by atoms with van der Waals surface area (Å²) in [5.41, 5.74) is 5.34. The number of hydrogen-bond acceptors (Lipinski definition) is 3. The molecule has 106 valence electrons. The molecule has 0 heterocycles. The minimum absolute atomic E-state index is 0.184. The molecule has 0 saturated carbocycles. The van der Waals surface area contributed by atoms with Gasteiger partial charge in [0, 0.05) is 10.7 Å². The Balaban J connectivity index is 2.50. The van der Waals surface area contributed by atoms with E-state index in [9.17, 15) is 17.2 Å². The Morgan fingerprint density at radius 3 is 2.20 bits per heavy atom. The SMILES string of the molecule is Nc1cc(F)c(S(=O)(=O)Cc2ccccc2Cl)c(F)c1. The quantitative estimate of drug-likeness (QED) is 0.884. The predicted molar refractivity (Wildman–Crippen MR) is 73.1 cm³/mol. The van der Waals surface area contributed by atoms with Gasteiger partial charge in [-0.15, -0.1) is 0 Å². The molecular weight excluding hydrogens is 308 g/mol. The maximum atomic E-state index is 13.7. The van der Waals surface area contributed by atoms with E-state index in [1.54, 1.807) is 12.1 Å². The van der Waals surface area contributed by atoms with E-state index in [-0.39, 0.29) is 16.3 Å². The molecule has 0 saturated heterocycles. The summed E-state index contributed by atoms with van der Waals surface area (Å²) in [6.45, 7) is 0. The van der Waals surface area contributed by atoms with Crippen LogP contribution in [-0.4, -0.2) is 8.42 Å². The van der Waals surface area contributed by atoms with E-state index >= 15 is 0 Å². The first-order chi connectivity index (χ1) is 9.31. The van der Waals surface area contributed by atoms with Crippen LogP contribution in [0.4, 0.5) is 14.5 Å². The summed E-state index contributed by atoms with van der Waals surface area (Å²) in [6.07, 6.45) is 0. The van der Waals surface area contributed by atoms with Gasteiger partial charge in [-0.3, -0.25) is 0 Å². The molecule has 7 heteroatoms. The topological polar surface area (TPSA) is 60.2 Å². The van der Waals surface area contributed by atoms with Crippen LogP contribution >= 0.6 is 11.6 Å². The number of benzene rings is 2.